The lowest BCUT2D eigenvalue weighted by molar-refractivity contribution is 0.0859. The first kappa shape index (κ1) is 12.6. The Kier molecular flexibility index (Phi) is 3.92. The Hall–Kier alpha value is -1.90. The van der Waals surface area contributed by atoms with E-state index in [1.807, 2.05) is 18.2 Å². The Morgan fingerprint density at radius 2 is 2.11 bits per heavy atom. The molecule has 1 heterocycles. The molecule has 18 heavy (non-hydrogen) atoms. The van der Waals surface area contributed by atoms with Gasteiger partial charge in [0.1, 0.15) is 23.4 Å². The fourth-order valence-corrected chi connectivity index (χ4v) is 2.05. The van der Waals surface area contributed by atoms with Crippen LogP contribution in [0.15, 0.2) is 48.4 Å². The molecule has 0 aromatic heterocycles. The SMILES string of the molecule is C=C1C=C(OC)CC(CCc2ccc(O)cc2)O1. The largest absolute Gasteiger partial charge is 0.508 e. The van der Waals surface area contributed by atoms with Gasteiger partial charge in [-0.15, -0.1) is 0 Å². The van der Waals surface area contributed by atoms with E-state index in [1.54, 1.807) is 19.2 Å². The second kappa shape index (κ2) is 5.63. The molecule has 0 saturated carbocycles. The monoisotopic (exact) mass is 246 g/mol. The molecule has 1 atom stereocenters. The molecule has 3 nitrogen and oxygen atoms in total. The maximum atomic E-state index is 9.21. The summed E-state index contributed by atoms with van der Waals surface area (Å²) in [6.45, 7) is 3.82. The van der Waals surface area contributed by atoms with Crippen molar-refractivity contribution < 1.29 is 14.6 Å². The Morgan fingerprint density at radius 3 is 2.78 bits per heavy atom. The number of phenols is 1. The predicted octanol–water partition coefficient (Wildman–Crippen LogP) is 3.16. The first-order chi connectivity index (χ1) is 8.67. The van der Waals surface area contributed by atoms with Crippen LogP contribution in [0, 0.1) is 0 Å². The zero-order valence-corrected chi connectivity index (χ0v) is 10.6. The summed E-state index contributed by atoms with van der Waals surface area (Å²) in [6.07, 6.45) is 4.55. The Bertz CT molecular complexity index is 445. The summed E-state index contributed by atoms with van der Waals surface area (Å²) in [6, 6.07) is 7.27. The van der Waals surface area contributed by atoms with E-state index in [2.05, 4.69) is 6.58 Å². The van der Waals surface area contributed by atoms with Gasteiger partial charge in [0.15, 0.2) is 0 Å². The van der Waals surface area contributed by atoms with Gasteiger partial charge in [-0.1, -0.05) is 18.7 Å². The van der Waals surface area contributed by atoms with E-state index in [0.717, 1.165) is 25.0 Å². The molecular formula is C15H18O3. The summed E-state index contributed by atoms with van der Waals surface area (Å²) in [4.78, 5) is 0. The molecule has 96 valence electrons. The third-order valence-electron chi connectivity index (χ3n) is 3.02. The van der Waals surface area contributed by atoms with Gasteiger partial charge in [0, 0.05) is 12.5 Å². The highest BCUT2D eigenvalue weighted by Crippen LogP contribution is 2.24. The maximum absolute atomic E-state index is 9.21. The van der Waals surface area contributed by atoms with Crippen LogP contribution in [-0.4, -0.2) is 18.3 Å². The summed E-state index contributed by atoms with van der Waals surface area (Å²) in [5, 5.41) is 9.21. The van der Waals surface area contributed by atoms with Crippen molar-refractivity contribution in [2.45, 2.75) is 25.4 Å². The number of rotatable bonds is 4. The number of ether oxygens (including phenoxy) is 2. The van der Waals surface area contributed by atoms with Crippen LogP contribution in [0.3, 0.4) is 0 Å². The molecule has 0 amide bonds. The Morgan fingerprint density at radius 1 is 1.39 bits per heavy atom. The van der Waals surface area contributed by atoms with Crippen LogP contribution in [0.4, 0.5) is 0 Å². The van der Waals surface area contributed by atoms with Crippen molar-refractivity contribution in [2.75, 3.05) is 7.11 Å². The van der Waals surface area contributed by atoms with Gasteiger partial charge in [0.25, 0.3) is 0 Å². The second-order valence-corrected chi connectivity index (χ2v) is 4.43. The Labute approximate surface area is 107 Å². The quantitative estimate of drug-likeness (QED) is 0.887. The zero-order chi connectivity index (χ0) is 13.0. The smallest absolute Gasteiger partial charge is 0.115 e. The summed E-state index contributed by atoms with van der Waals surface area (Å²) >= 11 is 0. The highest BCUT2D eigenvalue weighted by molar-refractivity contribution is 5.26. The van der Waals surface area contributed by atoms with Gasteiger partial charge in [-0.3, -0.25) is 0 Å². The van der Waals surface area contributed by atoms with Crippen LogP contribution in [0.5, 0.6) is 5.75 Å². The number of hydrogen-bond donors (Lipinski definition) is 1. The van der Waals surface area contributed by atoms with Gasteiger partial charge in [-0.25, -0.2) is 0 Å². The summed E-state index contributed by atoms with van der Waals surface area (Å²) in [7, 11) is 1.67. The summed E-state index contributed by atoms with van der Waals surface area (Å²) < 4.78 is 10.9. The number of aromatic hydroxyl groups is 1. The molecule has 1 aliphatic rings. The van der Waals surface area contributed by atoms with Gasteiger partial charge in [0.05, 0.1) is 7.11 Å². The highest BCUT2D eigenvalue weighted by Gasteiger charge is 2.18. The summed E-state index contributed by atoms with van der Waals surface area (Å²) in [5.41, 5.74) is 1.19. The van der Waals surface area contributed by atoms with Crippen LogP contribution in [0.25, 0.3) is 0 Å². The first-order valence-electron chi connectivity index (χ1n) is 6.05. The molecule has 1 aromatic rings. The van der Waals surface area contributed by atoms with Crippen LogP contribution in [0.1, 0.15) is 18.4 Å². The van der Waals surface area contributed by atoms with Crippen molar-refractivity contribution in [1.29, 1.82) is 0 Å². The van der Waals surface area contributed by atoms with E-state index < -0.39 is 0 Å². The van der Waals surface area contributed by atoms with Gasteiger partial charge in [0.2, 0.25) is 0 Å². The van der Waals surface area contributed by atoms with Crippen molar-refractivity contribution in [1.82, 2.24) is 0 Å². The van der Waals surface area contributed by atoms with Gasteiger partial charge < -0.3 is 14.6 Å². The lowest BCUT2D eigenvalue weighted by Gasteiger charge is -2.24. The topological polar surface area (TPSA) is 38.7 Å². The molecule has 0 saturated heterocycles. The Balaban J connectivity index is 1.89. The van der Waals surface area contributed by atoms with Crippen LogP contribution < -0.4 is 0 Å². The average Bonchev–Trinajstić information content (AvgIpc) is 2.37. The van der Waals surface area contributed by atoms with E-state index in [4.69, 9.17) is 9.47 Å². The molecule has 0 aliphatic carbocycles. The molecule has 0 radical (unpaired) electrons. The fraction of sp³-hybridized carbons (Fsp3) is 0.333. The van der Waals surface area contributed by atoms with Crippen molar-refractivity contribution in [3.05, 3.63) is 54.0 Å². The van der Waals surface area contributed by atoms with E-state index >= 15 is 0 Å². The number of hydrogen-bond acceptors (Lipinski definition) is 3. The van der Waals surface area contributed by atoms with Gasteiger partial charge in [-0.2, -0.15) is 0 Å². The third-order valence-corrected chi connectivity index (χ3v) is 3.02. The average molecular weight is 246 g/mol. The van der Waals surface area contributed by atoms with E-state index in [9.17, 15) is 5.11 Å². The van der Waals surface area contributed by atoms with E-state index in [1.165, 1.54) is 5.56 Å². The first-order valence-corrected chi connectivity index (χ1v) is 6.05. The molecule has 0 bridgehead atoms. The predicted molar refractivity (Wildman–Crippen MR) is 70.1 cm³/mol. The number of methoxy groups -OCH3 is 1. The molecule has 0 fully saturated rings. The number of allylic oxidation sites excluding steroid dienone is 1. The lowest BCUT2D eigenvalue weighted by atomic mass is 10.0. The molecule has 1 N–H and O–H groups in total. The molecular weight excluding hydrogens is 228 g/mol. The lowest BCUT2D eigenvalue weighted by Crippen LogP contribution is -2.18. The number of phenolic OH excluding ortho intramolecular Hbond substituents is 1. The van der Waals surface area contributed by atoms with Crippen molar-refractivity contribution in [2.24, 2.45) is 0 Å². The van der Waals surface area contributed by atoms with Crippen LogP contribution in [-0.2, 0) is 15.9 Å². The molecule has 1 aromatic carbocycles. The van der Waals surface area contributed by atoms with Gasteiger partial charge >= 0.3 is 0 Å². The zero-order valence-electron chi connectivity index (χ0n) is 10.6. The molecule has 3 heteroatoms. The molecule has 0 spiro atoms. The normalized spacial score (nSPS) is 19.1. The van der Waals surface area contributed by atoms with E-state index in [-0.39, 0.29) is 6.10 Å². The minimum absolute atomic E-state index is 0.117. The molecule has 2 rings (SSSR count). The van der Waals surface area contributed by atoms with Crippen molar-refractivity contribution >= 4 is 0 Å². The van der Waals surface area contributed by atoms with Gasteiger partial charge in [-0.05, 0) is 30.5 Å². The third kappa shape index (κ3) is 3.29. The molecule has 1 aliphatic heterocycles. The fourth-order valence-electron chi connectivity index (χ4n) is 2.05. The van der Waals surface area contributed by atoms with Crippen molar-refractivity contribution in [3.8, 4) is 5.75 Å². The second-order valence-electron chi connectivity index (χ2n) is 4.43. The maximum Gasteiger partial charge on any atom is 0.115 e. The van der Waals surface area contributed by atoms with Crippen LogP contribution >= 0.6 is 0 Å². The minimum atomic E-state index is 0.117. The van der Waals surface area contributed by atoms with Crippen molar-refractivity contribution in [3.63, 3.8) is 0 Å². The van der Waals surface area contributed by atoms with E-state index in [0.29, 0.717) is 11.5 Å². The number of benzene rings is 1. The standard InChI is InChI=1S/C15H18O3/c1-11-9-15(17-2)10-14(18-11)8-5-12-3-6-13(16)7-4-12/h3-4,6-7,9,14,16H,1,5,8,10H2,2H3. The minimum Gasteiger partial charge on any atom is -0.508 e. The highest BCUT2D eigenvalue weighted by atomic mass is 16.5. The van der Waals surface area contributed by atoms with Crippen LogP contribution in [0.2, 0.25) is 0 Å². The number of aryl methyl sites for hydroxylation is 1. The molecule has 1 unspecified atom stereocenters. The summed E-state index contributed by atoms with van der Waals surface area (Å²) in [5.74, 6) is 1.88.